The quantitative estimate of drug-likeness (QED) is 0.598. The molecule has 0 radical (unpaired) electrons. The third-order valence-electron chi connectivity index (χ3n) is 5.28. The zero-order valence-electron chi connectivity index (χ0n) is 15.5. The molecule has 1 aromatic heterocycles. The van der Waals surface area contributed by atoms with E-state index in [1.54, 1.807) is 13.0 Å². The van der Waals surface area contributed by atoms with Crippen molar-refractivity contribution in [1.29, 1.82) is 0 Å². The Bertz CT molecular complexity index is 782. The third-order valence-corrected chi connectivity index (χ3v) is 5.28. The topological polar surface area (TPSA) is 97.5 Å². The summed E-state index contributed by atoms with van der Waals surface area (Å²) in [4.78, 5) is 14.8. The molecule has 1 fully saturated rings. The molecule has 1 aliphatic heterocycles. The molecular formula is C20H25N3O4. The van der Waals surface area contributed by atoms with Gasteiger partial charge < -0.3 is 15.2 Å². The Morgan fingerprint density at radius 2 is 2.11 bits per heavy atom. The summed E-state index contributed by atoms with van der Waals surface area (Å²) in [5.41, 5.74) is 0.470. The molecule has 0 aliphatic carbocycles. The number of nitro groups is 1. The number of ether oxygens (including phenoxy) is 1. The number of aliphatic hydroxyl groups is 1. The van der Waals surface area contributed by atoms with Gasteiger partial charge in [0, 0.05) is 18.8 Å². The summed E-state index contributed by atoms with van der Waals surface area (Å²) in [7, 11) is 0. The van der Waals surface area contributed by atoms with Crippen LogP contribution in [0.2, 0.25) is 0 Å². The predicted molar refractivity (Wildman–Crippen MR) is 101 cm³/mol. The summed E-state index contributed by atoms with van der Waals surface area (Å²) >= 11 is 0. The molecule has 2 N–H and O–H groups in total. The average Bonchev–Trinajstić information content (AvgIpc) is 2.67. The predicted octanol–water partition coefficient (Wildman–Crippen LogP) is 3.14. The molecule has 0 unspecified atom stereocenters. The van der Waals surface area contributed by atoms with Crippen molar-refractivity contribution in [2.24, 2.45) is 0 Å². The molecule has 27 heavy (non-hydrogen) atoms. The fourth-order valence-electron chi connectivity index (χ4n) is 3.73. The number of hydrogen-bond acceptors (Lipinski definition) is 6. The van der Waals surface area contributed by atoms with Crippen molar-refractivity contribution in [1.82, 2.24) is 10.3 Å². The Labute approximate surface area is 158 Å². The van der Waals surface area contributed by atoms with Gasteiger partial charge in [0.25, 0.3) is 5.69 Å². The molecule has 7 nitrogen and oxygen atoms in total. The highest BCUT2D eigenvalue weighted by molar-refractivity contribution is 5.39. The van der Waals surface area contributed by atoms with Crippen LogP contribution in [0.1, 0.15) is 43.9 Å². The van der Waals surface area contributed by atoms with Crippen molar-refractivity contribution < 1.29 is 14.8 Å². The van der Waals surface area contributed by atoms with Gasteiger partial charge in [-0.3, -0.25) is 15.1 Å². The minimum Gasteiger partial charge on any atom is -0.386 e. The molecule has 7 heteroatoms. The number of hydrogen-bond donors (Lipinski definition) is 2. The number of benzene rings is 1. The van der Waals surface area contributed by atoms with Crippen molar-refractivity contribution in [3.8, 4) is 0 Å². The molecule has 1 aliphatic rings. The maximum absolute atomic E-state index is 11.4. The lowest BCUT2D eigenvalue weighted by Crippen LogP contribution is -2.60. The fraction of sp³-hybridized carbons (Fsp3) is 0.450. The summed E-state index contributed by atoms with van der Waals surface area (Å²) in [6, 6.07) is 11.3. The lowest BCUT2D eigenvalue weighted by atomic mass is 9.81. The molecule has 1 aromatic carbocycles. The highest BCUT2D eigenvalue weighted by Gasteiger charge is 2.47. The summed E-state index contributed by atoms with van der Waals surface area (Å²) in [5.74, 6) is 0. The van der Waals surface area contributed by atoms with E-state index in [0.717, 1.165) is 5.56 Å². The lowest BCUT2D eigenvalue weighted by Gasteiger charge is -2.46. The van der Waals surface area contributed by atoms with Gasteiger partial charge in [-0.15, -0.1) is 0 Å². The Morgan fingerprint density at radius 3 is 2.78 bits per heavy atom. The van der Waals surface area contributed by atoms with Crippen LogP contribution in [-0.4, -0.2) is 32.8 Å². The van der Waals surface area contributed by atoms with Crippen LogP contribution >= 0.6 is 0 Å². The van der Waals surface area contributed by atoms with Gasteiger partial charge in [0.2, 0.25) is 0 Å². The van der Waals surface area contributed by atoms with E-state index in [4.69, 9.17) is 4.74 Å². The van der Waals surface area contributed by atoms with E-state index in [1.807, 2.05) is 37.3 Å². The van der Waals surface area contributed by atoms with Gasteiger partial charge in [0.05, 0.1) is 22.7 Å². The van der Waals surface area contributed by atoms with Crippen LogP contribution in [-0.2, 0) is 11.3 Å². The Morgan fingerprint density at radius 1 is 1.37 bits per heavy atom. The van der Waals surface area contributed by atoms with E-state index in [0.29, 0.717) is 24.9 Å². The van der Waals surface area contributed by atoms with Crippen molar-refractivity contribution >= 4 is 5.69 Å². The first-order valence-corrected chi connectivity index (χ1v) is 9.17. The number of pyridine rings is 1. The van der Waals surface area contributed by atoms with Crippen molar-refractivity contribution in [2.75, 3.05) is 0 Å². The fourth-order valence-corrected chi connectivity index (χ4v) is 3.73. The number of aromatic nitrogens is 1. The van der Waals surface area contributed by atoms with Gasteiger partial charge in [-0.25, -0.2) is 0 Å². The first-order chi connectivity index (χ1) is 12.9. The van der Waals surface area contributed by atoms with Crippen molar-refractivity contribution in [2.45, 2.75) is 57.1 Å². The Balaban J connectivity index is 1.85. The molecule has 1 saturated heterocycles. The SMILES string of the molecule is CC[C@H]1O[C@@H](c2ccncc2[N+](=O)[O-])C[C@@H](NCc2ccccc2)[C@]1(C)O. The van der Waals surface area contributed by atoms with Gasteiger partial charge in [-0.2, -0.15) is 0 Å². The number of rotatable bonds is 6. The molecule has 0 bridgehead atoms. The minimum absolute atomic E-state index is 0.0549. The Kier molecular flexibility index (Phi) is 5.84. The van der Waals surface area contributed by atoms with Crippen LogP contribution in [0.15, 0.2) is 48.8 Å². The molecule has 2 aromatic rings. The largest absolute Gasteiger partial charge is 0.386 e. The van der Waals surface area contributed by atoms with E-state index in [9.17, 15) is 15.2 Å². The molecule has 3 rings (SSSR count). The molecule has 2 heterocycles. The summed E-state index contributed by atoms with van der Waals surface area (Å²) in [6.45, 7) is 4.31. The Hall–Kier alpha value is -2.35. The second kappa shape index (κ2) is 8.12. The second-order valence-corrected chi connectivity index (χ2v) is 7.09. The first-order valence-electron chi connectivity index (χ1n) is 9.17. The molecule has 0 amide bonds. The lowest BCUT2D eigenvalue weighted by molar-refractivity contribution is -0.386. The van der Waals surface area contributed by atoms with Gasteiger partial charge in [0.1, 0.15) is 11.8 Å². The van der Waals surface area contributed by atoms with Crippen LogP contribution in [0.3, 0.4) is 0 Å². The van der Waals surface area contributed by atoms with E-state index in [1.165, 1.54) is 12.4 Å². The molecule has 144 valence electrons. The average molecular weight is 371 g/mol. The van der Waals surface area contributed by atoms with Crippen LogP contribution in [0.25, 0.3) is 0 Å². The number of nitrogens with zero attached hydrogens (tertiary/aromatic N) is 2. The zero-order chi connectivity index (χ0) is 19.4. The summed E-state index contributed by atoms with van der Waals surface area (Å²) in [6.07, 6.45) is 2.90. The van der Waals surface area contributed by atoms with Crippen molar-refractivity contribution in [3.63, 3.8) is 0 Å². The number of nitrogens with one attached hydrogen (secondary N) is 1. The highest BCUT2D eigenvalue weighted by Crippen LogP contribution is 2.40. The van der Waals surface area contributed by atoms with Crippen LogP contribution in [0, 0.1) is 10.1 Å². The van der Waals surface area contributed by atoms with Crippen LogP contribution in [0.4, 0.5) is 5.69 Å². The first kappa shape index (κ1) is 19.4. The standard InChI is InChI=1S/C20H25N3O4/c1-3-19-20(2,24)18(22-12-14-7-5-4-6-8-14)11-17(27-19)15-9-10-21-13-16(15)23(25)26/h4-10,13,17-19,22,24H,3,11-12H2,1-2H3/t17-,18-,19-,20+/m1/s1. The summed E-state index contributed by atoms with van der Waals surface area (Å²) in [5, 5.41) is 25.9. The molecule has 0 saturated carbocycles. The van der Waals surface area contributed by atoms with E-state index >= 15 is 0 Å². The van der Waals surface area contributed by atoms with Gasteiger partial charge >= 0.3 is 0 Å². The highest BCUT2D eigenvalue weighted by atomic mass is 16.6. The monoisotopic (exact) mass is 371 g/mol. The van der Waals surface area contributed by atoms with Crippen molar-refractivity contribution in [3.05, 3.63) is 70.0 Å². The van der Waals surface area contributed by atoms with Gasteiger partial charge in [-0.1, -0.05) is 37.3 Å². The van der Waals surface area contributed by atoms with E-state index < -0.39 is 22.7 Å². The third kappa shape index (κ3) is 4.16. The smallest absolute Gasteiger partial charge is 0.293 e. The maximum atomic E-state index is 11.4. The van der Waals surface area contributed by atoms with Gasteiger partial charge in [-0.05, 0) is 31.4 Å². The molecular weight excluding hydrogens is 346 g/mol. The van der Waals surface area contributed by atoms with Gasteiger partial charge in [0.15, 0.2) is 0 Å². The van der Waals surface area contributed by atoms with Crippen LogP contribution in [0.5, 0.6) is 0 Å². The normalized spacial score (nSPS) is 28.0. The second-order valence-electron chi connectivity index (χ2n) is 7.09. The van der Waals surface area contributed by atoms with E-state index in [-0.39, 0.29) is 11.7 Å². The summed E-state index contributed by atoms with van der Waals surface area (Å²) < 4.78 is 6.09. The zero-order valence-corrected chi connectivity index (χ0v) is 15.5. The van der Waals surface area contributed by atoms with Crippen LogP contribution < -0.4 is 5.32 Å². The maximum Gasteiger partial charge on any atom is 0.293 e. The molecule has 4 atom stereocenters. The van der Waals surface area contributed by atoms with E-state index in [2.05, 4.69) is 10.3 Å². The minimum atomic E-state index is -1.08. The molecule has 0 spiro atoms.